The monoisotopic (exact) mass is 228 g/mol. The Balaban J connectivity index is 2.02. The molecule has 0 aromatic carbocycles. The summed E-state index contributed by atoms with van der Waals surface area (Å²) in [5, 5.41) is 3.45. The minimum absolute atomic E-state index is 0.153. The maximum absolute atomic E-state index is 4.33. The van der Waals surface area contributed by atoms with Crippen molar-refractivity contribution >= 4 is 0 Å². The van der Waals surface area contributed by atoms with Gasteiger partial charge in [0.15, 0.2) is 0 Å². The third-order valence-electron chi connectivity index (χ3n) is 2.66. The highest BCUT2D eigenvalue weighted by Crippen LogP contribution is 2.15. The molecule has 0 aliphatic carbocycles. The van der Waals surface area contributed by atoms with Gasteiger partial charge in [-0.1, -0.05) is 6.07 Å². The van der Waals surface area contributed by atoms with Gasteiger partial charge in [-0.25, -0.2) is 0 Å². The Morgan fingerprint density at radius 3 is 2.35 bits per heavy atom. The van der Waals surface area contributed by atoms with Crippen LogP contribution in [0.3, 0.4) is 0 Å². The molecule has 0 aliphatic rings. The van der Waals surface area contributed by atoms with Crippen molar-refractivity contribution in [3.05, 3.63) is 54.4 Å². The van der Waals surface area contributed by atoms with Crippen molar-refractivity contribution in [1.29, 1.82) is 0 Å². The molecule has 0 fully saturated rings. The molecule has 17 heavy (non-hydrogen) atoms. The number of nitrogens with zero attached hydrogens (tertiary/aromatic N) is 3. The van der Waals surface area contributed by atoms with Gasteiger partial charge in [0, 0.05) is 36.9 Å². The van der Waals surface area contributed by atoms with E-state index in [1.54, 1.807) is 24.8 Å². The minimum atomic E-state index is 0.153. The number of pyridine rings is 1. The summed E-state index contributed by atoms with van der Waals surface area (Å²) in [5.41, 5.74) is 1.97. The van der Waals surface area contributed by atoms with E-state index in [0.29, 0.717) is 0 Å². The minimum Gasteiger partial charge on any atom is -0.301 e. The first-order valence-corrected chi connectivity index (χ1v) is 5.70. The molecule has 1 N–H and O–H groups in total. The Morgan fingerprint density at radius 1 is 0.941 bits per heavy atom. The standard InChI is InChI=1S/C13H16N4/c1-10(12-5-3-4-6-15-12)17-11(2)13-9-14-7-8-16-13/h3-11,17H,1-2H3. The van der Waals surface area contributed by atoms with Crippen LogP contribution in [0.25, 0.3) is 0 Å². The highest BCUT2D eigenvalue weighted by molar-refractivity contribution is 5.09. The van der Waals surface area contributed by atoms with Crippen molar-refractivity contribution in [2.45, 2.75) is 25.9 Å². The van der Waals surface area contributed by atoms with Gasteiger partial charge in [-0.2, -0.15) is 0 Å². The summed E-state index contributed by atoms with van der Waals surface area (Å²) in [6.07, 6.45) is 6.97. The summed E-state index contributed by atoms with van der Waals surface area (Å²) in [4.78, 5) is 12.7. The molecule has 4 heteroatoms. The van der Waals surface area contributed by atoms with Gasteiger partial charge in [-0.3, -0.25) is 15.0 Å². The number of hydrogen-bond acceptors (Lipinski definition) is 4. The lowest BCUT2D eigenvalue weighted by Gasteiger charge is -2.18. The van der Waals surface area contributed by atoms with Gasteiger partial charge in [0.05, 0.1) is 11.4 Å². The number of hydrogen-bond donors (Lipinski definition) is 1. The Labute approximate surface area is 101 Å². The molecule has 0 amide bonds. The summed E-state index contributed by atoms with van der Waals surface area (Å²) in [7, 11) is 0. The summed E-state index contributed by atoms with van der Waals surface area (Å²) in [5.74, 6) is 0. The maximum atomic E-state index is 4.33. The second-order valence-corrected chi connectivity index (χ2v) is 3.99. The quantitative estimate of drug-likeness (QED) is 0.872. The average molecular weight is 228 g/mol. The lowest BCUT2D eigenvalue weighted by Crippen LogP contribution is -2.23. The first-order chi connectivity index (χ1) is 8.27. The van der Waals surface area contributed by atoms with E-state index in [1.165, 1.54) is 0 Å². The van der Waals surface area contributed by atoms with Crippen molar-refractivity contribution < 1.29 is 0 Å². The van der Waals surface area contributed by atoms with Crippen molar-refractivity contribution in [2.24, 2.45) is 0 Å². The van der Waals surface area contributed by atoms with Crippen LogP contribution < -0.4 is 5.32 Å². The van der Waals surface area contributed by atoms with Gasteiger partial charge in [-0.05, 0) is 26.0 Å². The molecule has 0 aliphatic heterocycles. The van der Waals surface area contributed by atoms with Gasteiger partial charge in [-0.15, -0.1) is 0 Å². The van der Waals surface area contributed by atoms with E-state index in [0.717, 1.165) is 11.4 Å². The van der Waals surface area contributed by atoms with Crippen LogP contribution in [-0.2, 0) is 0 Å². The van der Waals surface area contributed by atoms with Crippen molar-refractivity contribution in [3.63, 3.8) is 0 Å². The fraction of sp³-hybridized carbons (Fsp3) is 0.308. The Morgan fingerprint density at radius 2 is 1.71 bits per heavy atom. The molecular weight excluding hydrogens is 212 g/mol. The van der Waals surface area contributed by atoms with Crippen LogP contribution in [-0.4, -0.2) is 15.0 Å². The first-order valence-electron chi connectivity index (χ1n) is 5.70. The van der Waals surface area contributed by atoms with Crippen LogP contribution in [0.4, 0.5) is 0 Å². The zero-order valence-corrected chi connectivity index (χ0v) is 10.0. The summed E-state index contributed by atoms with van der Waals surface area (Å²) >= 11 is 0. The largest absolute Gasteiger partial charge is 0.301 e. The van der Waals surface area contributed by atoms with Crippen LogP contribution in [0.15, 0.2) is 43.0 Å². The van der Waals surface area contributed by atoms with Crippen LogP contribution >= 0.6 is 0 Å². The number of rotatable bonds is 4. The van der Waals surface area contributed by atoms with Gasteiger partial charge >= 0.3 is 0 Å². The van der Waals surface area contributed by atoms with E-state index in [4.69, 9.17) is 0 Å². The van der Waals surface area contributed by atoms with E-state index < -0.39 is 0 Å². The summed E-state index contributed by atoms with van der Waals surface area (Å²) in [6, 6.07) is 6.27. The van der Waals surface area contributed by atoms with Gasteiger partial charge in [0.1, 0.15) is 0 Å². The Bertz CT molecular complexity index is 400. The van der Waals surface area contributed by atoms with Crippen LogP contribution in [0.1, 0.15) is 37.3 Å². The third kappa shape index (κ3) is 3.07. The molecule has 0 saturated heterocycles. The average Bonchev–Trinajstić information content (AvgIpc) is 2.40. The van der Waals surface area contributed by atoms with E-state index >= 15 is 0 Å². The van der Waals surface area contributed by atoms with E-state index in [1.807, 2.05) is 18.2 Å². The fourth-order valence-corrected chi connectivity index (χ4v) is 1.71. The van der Waals surface area contributed by atoms with Crippen molar-refractivity contribution in [3.8, 4) is 0 Å². The fourth-order valence-electron chi connectivity index (χ4n) is 1.71. The summed E-state index contributed by atoms with van der Waals surface area (Å²) < 4.78 is 0. The number of nitrogens with one attached hydrogen (secondary N) is 1. The molecule has 2 heterocycles. The van der Waals surface area contributed by atoms with E-state index in [9.17, 15) is 0 Å². The molecule has 0 spiro atoms. The molecule has 88 valence electrons. The van der Waals surface area contributed by atoms with E-state index in [-0.39, 0.29) is 12.1 Å². The van der Waals surface area contributed by atoms with Gasteiger partial charge < -0.3 is 5.32 Å². The lowest BCUT2D eigenvalue weighted by molar-refractivity contribution is 0.477. The zero-order chi connectivity index (χ0) is 12.1. The molecule has 4 nitrogen and oxygen atoms in total. The molecule has 0 radical (unpaired) electrons. The Kier molecular flexibility index (Phi) is 3.77. The smallest absolute Gasteiger partial charge is 0.0753 e. The topological polar surface area (TPSA) is 50.7 Å². The normalized spacial score (nSPS) is 14.2. The molecule has 2 aromatic rings. The second-order valence-electron chi connectivity index (χ2n) is 3.99. The predicted octanol–water partition coefficient (Wildman–Crippen LogP) is 2.28. The highest BCUT2D eigenvalue weighted by Gasteiger charge is 2.12. The molecule has 2 atom stereocenters. The third-order valence-corrected chi connectivity index (χ3v) is 2.66. The Hall–Kier alpha value is -1.81. The molecular formula is C13H16N4. The molecule has 2 unspecified atom stereocenters. The van der Waals surface area contributed by atoms with Gasteiger partial charge in [0.2, 0.25) is 0 Å². The summed E-state index contributed by atoms with van der Waals surface area (Å²) in [6.45, 7) is 4.17. The predicted molar refractivity (Wildman–Crippen MR) is 66.2 cm³/mol. The first kappa shape index (κ1) is 11.7. The van der Waals surface area contributed by atoms with Crippen LogP contribution in [0, 0.1) is 0 Å². The second kappa shape index (κ2) is 5.50. The SMILES string of the molecule is CC(NC(C)c1cnccn1)c1ccccn1. The van der Waals surface area contributed by atoms with E-state index in [2.05, 4.69) is 34.1 Å². The van der Waals surface area contributed by atoms with Crippen molar-refractivity contribution in [1.82, 2.24) is 20.3 Å². The maximum Gasteiger partial charge on any atom is 0.0753 e. The van der Waals surface area contributed by atoms with Gasteiger partial charge in [0.25, 0.3) is 0 Å². The lowest BCUT2D eigenvalue weighted by atomic mass is 10.1. The number of aromatic nitrogens is 3. The molecule has 0 saturated carbocycles. The van der Waals surface area contributed by atoms with Crippen molar-refractivity contribution in [2.75, 3.05) is 0 Å². The van der Waals surface area contributed by atoms with Crippen LogP contribution in [0.5, 0.6) is 0 Å². The zero-order valence-electron chi connectivity index (χ0n) is 10.0. The molecule has 0 bridgehead atoms. The van der Waals surface area contributed by atoms with Crippen LogP contribution in [0.2, 0.25) is 0 Å². The molecule has 2 aromatic heterocycles. The highest BCUT2D eigenvalue weighted by atomic mass is 15.0. The molecule has 2 rings (SSSR count).